The van der Waals surface area contributed by atoms with Crippen molar-refractivity contribution in [2.45, 2.75) is 38.7 Å². The van der Waals surface area contributed by atoms with Gasteiger partial charge in [-0.2, -0.15) is 0 Å². The van der Waals surface area contributed by atoms with E-state index in [4.69, 9.17) is 4.43 Å². The van der Waals surface area contributed by atoms with Gasteiger partial charge in [-0.1, -0.05) is 26.6 Å². The van der Waals surface area contributed by atoms with Crippen molar-refractivity contribution in [1.82, 2.24) is 0 Å². The van der Waals surface area contributed by atoms with Gasteiger partial charge in [0.25, 0.3) is 0 Å². The Bertz CT molecular complexity index is 88.1. The third-order valence-corrected chi connectivity index (χ3v) is 5.53. The molecule has 0 spiro atoms. The molecule has 0 N–H and O–H groups in total. The smallest absolute Gasteiger partial charge is 0.226 e. The summed E-state index contributed by atoms with van der Waals surface area (Å²) in [6, 6.07) is 0. The molecule has 0 saturated heterocycles. The Hall–Kier alpha value is 0.394. The molecule has 3 heteroatoms. The minimum absolute atomic E-state index is 0.652. The maximum Gasteiger partial charge on any atom is 0.226 e. The fraction of sp³-hybridized carbons (Fsp3) is 1.00. The molecule has 0 aliphatic carbocycles. The van der Waals surface area contributed by atoms with E-state index >= 15 is 0 Å². The lowest BCUT2D eigenvalue weighted by Gasteiger charge is -2.24. The average molecular weight is 174 g/mol. The van der Waals surface area contributed by atoms with Crippen LogP contribution in [-0.4, -0.2) is 24.4 Å². The lowest BCUT2D eigenvalue weighted by Crippen LogP contribution is -2.29. The second-order valence-corrected chi connectivity index (χ2v) is 10.2. The van der Waals surface area contributed by atoms with Gasteiger partial charge in [0.1, 0.15) is 0 Å². The summed E-state index contributed by atoms with van der Waals surface area (Å²) >= 11 is 0. The van der Waals surface area contributed by atoms with Crippen LogP contribution in [0.1, 0.15) is 6.92 Å². The minimum atomic E-state index is -0.918. The van der Waals surface area contributed by atoms with Crippen LogP contribution in [0.15, 0.2) is 0 Å². The Labute approximate surface area is 68.1 Å². The Morgan fingerprint density at radius 2 is 1.90 bits per heavy atom. The SMILES string of the molecule is C[Si]OCC(C)[Si](C)(C)C. The first kappa shape index (κ1) is 10.4. The van der Waals surface area contributed by atoms with Gasteiger partial charge in [0.2, 0.25) is 9.76 Å². The van der Waals surface area contributed by atoms with Gasteiger partial charge in [-0.05, 0) is 12.1 Å². The van der Waals surface area contributed by atoms with Gasteiger partial charge >= 0.3 is 0 Å². The van der Waals surface area contributed by atoms with Crippen molar-refractivity contribution in [3.8, 4) is 0 Å². The van der Waals surface area contributed by atoms with Crippen LogP contribution in [0.2, 0.25) is 31.7 Å². The molecule has 60 valence electrons. The van der Waals surface area contributed by atoms with Crippen LogP contribution in [0.25, 0.3) is 0 Å². The first-order valence-electron chi connectivity index (χ1n) is 3.77. The van der Waals surface area contributed by atoms with Crippen molar-refractivity contribution in [1.29, 1.82) is 0 Å². The zero-order chi connectivity index (χ0) is 8.20. The highest BCUT2D eigenvalue weighted by Crippen LogP contribution is 2.20. The molecule has 0 rings (SSSR count). The quantitative estimate of drug-likeness (QED) is 0.595. The standard InChI is InChI=1S/C7H18OSi2/c1-7(6-8-9-2)10(3,4)5/h7H,6H2,1-5H3. The normalized spacial score (nSPS) is 15.3. The molecule has 0 aromatic rings. The molecule has 0 bridgehead atoms. The molecule has 1 nitrogen and oxygen atoms in total. The topological polar surface area (TPSA) is 9.23 Å². The van der Waals surface area contributed by atoms with Gasteiger partial charge in [-0.3, -0.25) is 0 Å². The monoisotopic (exact) mass is 174 g/mol. The van der Waals surface area contributed by atoms with Crippen LogP contribution in [0, 0.1) is 0 Å². The van der Waals surface area contributed by atoms with Crippen LogP contribution in [0.5, 0.6) is 0 Å². The average Bonchev–Trinajstić information content (AvgIpc) is 1.80. The largest absolute Gasteiger partial charge is 0.418 e. The summed E-state index contributed by atoms with van der Waals surface area (Å²) in [5.41, 5.74) is 0.792. The first-order valence-corrected chi connectivity index (χ1v) is 8.75. The second-order valence-electron chi connectivity index (χ2n) is 3.78. The number of hydrogen-bond acceptors (Lipinski definition) is 1. The number of hydrogen-bond donors (Lipinski definition) is 0. The molecule has 0 saturated carbocycles. The molecule has 1 atom stereocenters. The van der Waals surface area contributed by atoms with E-state index in [1.165, 1.54) is 0 Å². The molecule has 10 heavy (non-hydrogen) atoms. The van der Waals surface area contributed by atoms with Crippen molar-refractivity contribution < 1.29 is 4.43 Å². The minimum Gasteiger partial charge on any atom is -0.418 e. The van der Waals surface area contributed by atoms with Crippen molar-refractivity contribution in [2.24, 2.45) is 0 Å². The van der Waals surface area contributed by atoms with E-state index in [9.17, 15) is 0 Å². The Morgan fingerprint density at radius 1 is 1.40 bits per heavy atom. The van der Waals surface area contributed by atoms with E-state index in [2.05, 4.69) is 33.1 Å². The summed E-state index contributed by atoms with van der Waals surface area (Å²) in [6.07, 6.45) is 0. The van der Waals surface area contributed by atoms with E-state index in [0.717, 1.165) is 12.1 Å². The fourth-order valence-corrected chi connectivity index (χ4v) is 1.62. The summed E-state index contributed by atoms with van der Waals surface area (Å²) < 4.78 is 5.38. The molecule has 0 aliphatic rings. The van der Waals surface area contributed by atoms with Gasteiger partial charge in [-0.15, -0.1) is 0 Å². The van der Waals surface area contributed by atoms with Crippen LogP contribution >= 0.6 is 0 Å². The van der Waals surface area contributed by atoms with Crippen molar-refractivity contribution >= 4 is 17.8 Å². The maximum atomic E-state index is 5.38. The van der Waals surface area contributed by atoms with Crippen LogP contribution in [0.4, 0.5) is 0 Å². The number of rotatable bonds is 4. The highest BCUT2D eigenvalue weighted by molar-refractivity contribution is 6.77. The zero-order valence-corrected chi connectivity index (χ0v) is 9.69. The summed E-state index contributed by atoms with van der Waals surface area (Å²) in [6.45, 7) is 12.5. The lowest BCUT2D eigenvalue weighted by atomic mass is 10.5. The maximum absolute atomic E-state index is 5.38. The molecule has 0 amide bonds. The summed E-state index contributed by atoms with van der Waals surface area (Å²) in [4.78, 5) is 0. The van der Waals surface area contributed by atoms with E-state index in [1.54, 1.807) is 0 Å². The van der Waals surface area contributed by atoms with Gasteiger partial charge in [0.05, 0.1) is 0 Å². The van der Waals surface area contributed by atoms with Crippen molar-refractivity contribution in [3.05, 3.63) is 0 Å². The van der Waals surface area contributed by atoms with Gasteiger partial charge in [-0.25, -0.2) is 0 Å². The lowest BCUT2D eigenvalue weighted by molar-refractivity contribution is 0.335. The highest BCUT2D eigenvalue weighted by Gasteiger charge is 2.21. The van der Waals surface area contributed by atoms with Crippen molar-refractivity contribution in [2.75, 3.05) is 6.61 Å². The summed E-state index contributed by atoms with van der Waals surface area (Å²) in [7, 11) is -0.267. The Balaban J connectivity index is 3.52. The van der Waals surface area contributed by atoms with Crippen LogP contribution in [-0.2, 0) is 4.43 Å². The third-order valence-electron chi connectivity index (χ3n) is 1.96. The van der Waals surface area contributed by atoms with E-state index in [-0.39, 0.29) is 0 Å². The Kier molecular flexibility index (Phi) is 4.48. The highest BCUT2D eigenvalue weighted by atomic mass is 28.3. The van der Waals surface area contributed by atoms with E-state index in [0.29, 0.717) is 9.76 Å². The molecular weight excluding hydrogens is 156 g/mol. The molecular formula is C7H18OSi2. The summed E-state index contributed by atoms with van der Waals surface area (Å²) in [5, 5.41) is 0. The second kappa shape index (κ2) is 4.31. The van der Waals surface area contributed by atoms with Gasteiger partial charge in [0.15, 0.2) is 0 Å². The predicted molar refractivity (Wildman–Crippen MR) is 50.3 cm³/mol. The molecule has 0 aliphatic heterocycles. The van der Waals surface area contributed by atoms with Crippen LogP contribution < -0.4 is 0 Å². The molecule has 0 aromatic heterocycles. The first-order chi connectivity index (χ1) is 4.48. The fourth-order valence-electron chi connectivity index (χ4n) is 0.458. The molecule has 0 fully saturated rings. The van der Waals surface area contributed by atoms with E-state index < -0.39 is 8.07 Å². The zero-order valence-electron chi connectivity index (χ0n) is 7.69. The molecule has 0 aromatic carbocycles. The van der Waals surface area contributed by atoms with Gasteiger partial charge in [0, 0.05) is 14.7 Å². The molecule has 1 unspecified atom stereocenters. The molecule has 0 heterocycles. The van der Waals surface area contributed by atoms with E-state index in [1.807, 2.05) is 0 Å². The molecule has 2 radical (unpaired) electrons. The van der Waals surface area contributed by atoms with Crippen molar-refractivity contribution in [3.63, 3.8) is 0 Å². The van der Waals surface area contributed by atoms with Gasteiger partial charge < -0.3 is 4.43 Å². The summed E-state index contributed by atoms with van der Waals surface area (Å²) in [5.74, 6) is 0. The Morgan fingerprint density at radius 3 is 2.20 bits per heavy atom. The van der Waals surface area contributed by atoms with Crippen LogP contribution in [0.3, 0.4) is 0 Å². The third kappa shape index (κ3) is 4.25. The predicted octanol–water partition coefficient (Wildman–Crippen LogP) is 2.40.